The Balaban J connectivity index is 2.69. The number of carbonyl (C=O) groups is 1. The lowest BCUT2D eigenvalue weighted by Gasteiger charge is -2.22. The van der Waals surface area contributed by atoms with Crippen LogP contribution in [0.15, 0.2) is 24.3 Å². The summed E-state index contributed by atoms with van der Waals surface area (Å²) >= 11 is 0. The molecule has 0 heterocycles. The molecule has 0 aliphatic rings. The van der Waals surface area contributed by atoms with E-state index in [2.05, 4.69) is 19.2 Å². The topological polar surface area (TPSA) is 64.3 Å². The first-order valence-corrected chi connectivity index (χ1v) is 6.29. The maximum Gasteiger partial charge on any atom is 0.253 e. The van der Waals surface area contributed by atoms with E-state index >= 15 is 0 Å². The summed E-state index contributed by atoms with van der Waals surface area (Å²) in [6.45, 7) is 7.21. The average molecular weight is 250 g/mol. The Morgan fingerprint density at radius 1 is 1.39 bits per heavy atom. The highest BCUT2D eigenvalue weighted by atomic mass is 16.5. The molecule has 0 fully saturated rings. The molecule has 1 atom stereocenters. The van der Waals surface area contributed by atoms with Gasteiger partial charge < -0.3 is 15.8 Å². The summed E-state index contributed by atoms with van der Waals surface area (Å²) in [6, 6.07) is 7.06. The van der Waals surface area contributed by atoms with Gasteiger partial charge in [0.05, 0.1) is 18.2 Å². The van der Waals surface area contributed by atoms with E-state index in [0.29, 0.717) is 30.4 Å². The minimum atomic E-state index is -0.147. The van der Waals surface area contributed by atoms with E-state index in [9.17, 15) is 4.79 Å². The van der Waals surface area contributed by atoms with Crippen molar-refractivity contribution >= 4 is 11.6 Å². The van der Waals surface area contributed by atoms with Gasteiger partial charge in [0.15, 0.2) is 0 Å². The van der Waals surface area contributed by atoms with Gasteiger partial charge in [-0.25, -0.2) is 0 Å². The average Bonchev–Trinajstić information content (AvgIpc) is 2.34. The third-order valence-corrected chi connectivity index (χ3v) is 2.83. The van der Waals surface area contributed by atoms with E-state index in [0.717, 1.165) is 0 Å². The van der Waals surface area contributed by atoms with Crippen molar-refractivity contribution in [2.45, 2.75) is 26.8 Å². The van der Waals surface area contributed by atoms with Crippen molar-refractivity contribution in [3.05, 3.63) is 29.8 Å². The van der Waals surface area contributed by atoms with Crippen molar-refractivity contribution in [2.75, 3.05) is 18.9 Å². The minimum Gasteiger partial charge on any atom is -0.398 e. The molecule has 18 heavy (non-hydrogen) atoms. The molecule has 4 nitrogen and oxygen atoms in total. The lowest BCUT2D eigenvalue weighted by Crippen LogP contribution is -2.42. The van der Waals surface area contributed by atoms with Gasteiger partial charge >= 0.3 is 0 Å². The second-order valence-corrected chi connectivity index (χ2v) is 4.57. The number of carbonyl (C=O) groups excluding carboxylic acids is 1. The van der Waals surface area contributed by atoms with Gasteiger partial charge in [-0.2, -0.15) is 0 Å². The van der Waals surface area contributed by atoms with Crippen LogP contribution in [0.2, 0.25) is 0 Å². The highest BCUT2D eigenvalue weighted by Gasteiger charge is 2.18. The van der Waals surface area contributed by atoms with E-state index in [1.165, 1.54) is 0 Å². The number of nitrogen functional groups attached to an aromatic ring is 1. The molecule has 4 heteroatoms. The van der Waals surface area contributed by atoms with Gasteiger partial charge in [-0.15, -0.1) is 0 Å². The van der Waals surface area contributed by atoms with Crippen LogP contribution in [0.5, 0.6) is 0 Å². The summed E-state index contributed by atoms with van der Waals surface area (Å²) in [6.07, 6.45) is 0. The fourth-order valence-electron chi connectivity index (χ4n) is 1.60. The molecule has 3 N–H and O–H groups in total. The summed E-state index contributed by atoms with van der Waals surface area (Å²) in [5.41, 5.74) is 6.79. The number of rotatable bonds is 6. The number of para-hydroxylation sites is 1. The van der Waals surface area contributed by atoms with Crippen LogP contribution in [0, 0.1) is 5.92 Å². The molecule has 0 saturated heterocycles. The first-order chi connectivity index (χ1) is 8.56. The third-order valence-electron chi connectivity index (χ3n) is 2.83. The standard InChI is InChI=1S/C14H22N2O2/c1-4-18-9-13(10(2)3)16-14(17)11-7-5-6-8-12(11)15/h5-8,10,13H,4,9,15H2,1-3H3,(H,16,17). The maximum absolute atomic E-state index is 12.1. The van der Waals surface area contributed by atoms with Crippen molar-refractivity contribution in [1.29, 1.82) is 0 Å². The highest BCUT2D eigenvalue weighted by Crippen LogP contribution is 2.11. The van der Waals surface area contributed by atoms with E-state index in [1.807, 2.05) is 13.0 Å². The van der Waals surface area contributed by atoms with Crippen molar-refractivity contribution in [3.63, 3.8) is 0 Å². The molecule has 0 aliphatic carbocycles. The summed E-state index contributed by atoms with van der Waals surface area (Å²) in [5.74, 6) is 0.164. The second-order valence-electron chi connectivity index (χ2n) is 4.57. The molecule has 0 saturated carbocycles. The smallest absolute Gasteiger partial charge is 0.253 e. The Morgan fingerprint density at radius 3 is 2.61 bits per heavy atom. The molecule has 1 aromatic rings. The quantitative estimate of drug-likeness (QED) is 0.760. The van der Waals surface area contributed by atoms with E-state index in [4.69, 9.17) is 10.5 Å². The van der Waals surface area contributed by atoms with Gasteiger partial charge in [0.1, 0.15) is 0 Å². The summed E-state index contributed by atoms with van der Waals surface area (Å²) in [7, 11) is 0. The molecule has 0 spiro atoms. The molecule has 0 radical (unpaired) electrons. The van der Waals surface area contributed by atoms with Crippen LogP contribution < -0.4 is 11.1 Å². The maximum atomic E-state index is 12.1. The van der Waals surface area contributed by atoms with Crippen LogP contribution >= 0.6 is 0 Å². The predicted octanol–water partition coefficient (Wildman–Crippen LogP) is 2.06. The normalized spacial score (nSPS) is 12.4. The van der Waals surface area contributed by atoms with Crippen LogP contribution in [0.4, 0.5) is 5.69 Å². The molecule has 0 aliphatic heterocycles. The van der Waals surface area contributed by atoms with Crippen molar-refractivity contribution in [3.8, 4) is 0 Å². The van der Waals surface area contributed by atoms with Crippen LogP contribution in [0.25, 0.3) is 0 Å². The first kappa shape index (κ1) is 14.5. The highest BCUT2D eigenvalue weighted by molar-refractivity contribution is 5.99. The zero-order chi connectivity index (χ0) is 13.5. The van der Waals surface area contributed by atoms with Gasteiger partial charge in [0, 0.05) is 12.3 Å². The molecule has 1 aromatic carbocycles. The number of hydrogen-bond acceptors (Lipinski definition) is 3. The molecular formula is C14H22N2O2. The van der Waals surface area contributed by atoms with Gasteiger partial charge in [-0.3, -0.25) is 4.79 Å². The molecule has 1 rings (SSSR count). The van der Waals surface area contributed by atoms with Crippen molar-refractivity contribution in [2.24, 2.45) is 5.92 Å². The van der Waals surface area contributed by atoms with Crippen LogP contribution in [-0.4, -0.2) is 25.2 Å². The third kappa shape index (κ3) is 4.04. The molecule has 1 unspecified atom stereocenters. The SMILES string of the molecule is CCOCC(NC(=O)c1ccccc1N)C(C)C. The lowest BCUT2D eigenvalue weighted by molar-refractivity contribution is 0.0807. The Kier molecular flexibility index (Phi) is 5.65. The summed E-state index contributed by atoms with van der Waals surface area (Å²) in [4.78, 5) is 12.1. The van der Waals surface area contributed by atoms with Crippen LogP contribution in [0.1, 0.15) is 31.1 Å². The zero-order valence-corrected chi connectivity index (χ0v) is 11.3. The van der Waals surface area contributed by atoms with E-state index in [-0.39, 0.29) is 11.9 Å². The number of hydrogen-bond donors (Lipinski definition) is 2. The van der Waals surface area contributed by atoms with Gasteiger partial charge in [0.25, 0.3) is 5.91 Å². The molecule has 0 bridgehead atoms. The Hall–Kier alpha value is -1.55. The summed E-state index contributed by atoms with van der Waals surface area (Å²) in [5, 5.41) is 2.96. The van der Waals surface area contributed by atoms with Crippen LogP contribution in [0.3, 0.4) is 0 Å². The Bertz CT molecular complexity index is 391. The fraction of sp³-hybridized carbons (Fsp3) is 0.500. The zero-order valence-electron chi connectivity index (χ0n) is 11.3. The number of nitrogens with two attached hydrogens (primary N) is 1. The van der Waals surface area contributed by atoms with Gasteiger partial charge in [0.2, 0.25) is 0 Å². The van der Waals surface area contributed by atoms with E-state index in [1.54, 1.807) is 18.2 Å². The Labute approximate surface area is 109 Å². The minimum absolute atomic E-state index is 0.00273. The predicted molar refractivity (Wildman–Crippen MR) is 73.4 cm³/mol. The van der Waals surface area contributed by atoms with E-state index < -0.39 is 0 Å². The fourth-order valence-corrected chi connectivity index (χ4v) is 1.60. The monoisotopic (exact) mass is 250 g/mol. The largest absolute Gasteiger partial charge is 0.398 e. The summed E-state index contributed by atoms with van der Waals surface area (Å²) < 4.78 is 5.38. The number of nitrogens with one attached hydrogen (secondary N) is 1. The second kappa shape index (κ2) is 7.01. The molecule has 0 aromatic heterocycles. The first-order valence-electron chi connectivity index (χ1n) is 6.29. The molecule has 1 amide bonds. The Morgan fingerprint density at radius 2 is 2.06 bits per heavy atom. The number of ether oxygens (including phenoxy) is 1. The molecular weight excluding hydrogens is 228 g/mol. The van der Waals surface area contributed by atoms with Crippen molar-refractivity contribution in [1.82, 2.24) is 5.32 Å². The van der Waals surface area contributed by atoms with Gasteiger partial charge in [-0.1, -0.05) is 26.0 Å². The van der Waals surface area contributed by atoms with Gasteiger partial charge in [-0.05, 0) is 25.0 Å². The lowest BCUT2D eigenvalue weighted by atomic mass is 10.0. The molecule has 100 valence electrons. The van der Waals surface area contributed by atoms with Crippen LogP contribution in [-0.2, 0) is 4.74 Å². The number of amides is 1. The number of anilines is 1. The van der Waals surface area contributed by atoms with Crippen molar-refractivity contribution < 1.29 is 9.53 Å². The number of benzene rings is 1.